The number of hydrogen-bond acceptors (Lipinski definition) is 6. The molecule has 1 saturated heterocycles. The average Bonchev–Trinajstić information content (AvgIpc) is 3.44. The summed E-state index contributed by atoms with van der Waals surface area (Å²) in [6.07, 6.45) is -3.10. The van der Waals surface area contributed by atoms with Gasteiger partial charge >= 0.3 is 17.4 Å². The molecule has 0 bridgehead atoms. The number of amides is 1. The Bertz CT molecular complexity index is 1560. The predicted octanol–water partition coefficient (Wildman–Crippen LogP) is 5.17. The van der Waals surface area contributed by atoms with E-state index >= 15 is 0 Å². The molecule has 0 aliphatic carbocycles. The highest BCUT2D eigenvalue weighted by Gasteiger charge is 2.33. The standard InChI is InChI=1S/C26H21F3N4O5.CH4/c27-26(28,29)18-9-7-17(8-10-18)16-32-20-5-2-1-4-19(20)22(23(25(32)35)33(36)37)30-11-13-31(14-12-30)24(34)21-6-3-15-38-21;/h1-10,15H,11-14,16H2;1H4. The molecule has 204 valence electrons. The first-order chi connectivity index (χ1) is 18.1. The van der Waals surface area contributed by atoms with Crippen molar-refractivity contribution in [2.45, 2.75) is 20.1 Å². The Morgan fingerprint density at radius 1 is 0.974 bits per heavy atom. The minimum absolute atomic E-state index is 0. The summed E-state index contributed by atoms with van der Waals surface area (Å²) in [5, 5.41) is 12.6. The van der Waals surface area contributed by atoms with Gasteiger partial charge in [-0.25, -0.2) is 0 Å². The molecule has 0 radical (unpaired) electrons. The molecule has 12 heteroatoms. The minimum Gasteiger partial charge on any atom is -0.459 e. The fourth-order valence-corrected chi connectivity index (χ4v) is 4.69. The summed E-state index contributed by atoms with van der Waals surface area (Å²) < 4.78 is 45.3. The van der Waals surface area contributed by atoms with Gasteiger partial charge in [0.05, 0.1) is 28.8 Å². The first-order valence-corrected chi connectivity index (χ1v) is 11.7. The maximum Gasteiger partial charge on any atom is 0.416 e. The Morgan fingerprint density at radius 2 is 1.64 bits per heavy atom. The molecule has 0 atom stereocenters. The molecule has 3 heterocycles. The first-order valence-electron chi connectivity index (χ1n) is 11.7. The lowest BCUT2D eigenvalue weighted by Gasteiger charge is -2.36. The number of halogens is 3. The predicted molar refractivity (Wildman–Crippen MR) is 139 cm³/mol. The van der Waals surface area contributed by atoms with Crippen molar-refractivity contribution in [3.63, 3.8) is 0 Å². The number of nitro groups is 1. The minimum atomic E-state index is -4.50. The van der Waals surface area contributed by atoms with Crippen LogP contribution in [0.4, 0.5) is 24.5 Å². The molecule has 1 aliphatic rings. The van der Waals surface area contributed by atoms with Gasteiger partial charge in [-0.2, -0.15) is 13.2 Å². The number of carbonyl (C=O) groups is 1. The van der Waals surface area contributed by atoms with Gasteiger partial charge in [0.1, 0.15) is 5.69 Å². The summed E-state index contributed by atoms with van der Waals surface area (Å²) in [5.74, 6) is -0.0956. The second-order valence-corrected chi connectivity index (χ2v) is 8.81. The Labute approximate surface area is 220 Å². The number of furan rings is 1. The number of piperazine rings is 1. The molecule has 1 amide bonds. The Hall–Kier alpha value is -4.61. The van der Waals surface area contributed by atoms with E-state index in [-0.39, 0.29) is 57.5 Å². The molecule has 0 saturated carbocycles. The summed E-state index contributed by atoms with van der Waals surface area (Å²) in [4.78, 5) is 40.9. The number of fused-ring (bicyclic) bond motifs is 1. The number of rotatable bonds is 5. The summed E-state index contributed by atoms with van der Waals surface area (Å²) in [6, 6.07) is 14.2. The van der Waals surface area contributed by atoms with Crippen LogP contribution in [-0.2, 0) is 12.7 Å². The first kappa shape index (κ1) is 27.4. The van der Waals surface area contributed by atoms with Crippen molar-refractivity contribution in [2.24, 2.45) is 0 Å². The van der Waals surface area contributed by atoms with Gasteiger partial charge in [0.25, 0.3) is 5.91 Å². The van der Waals surface area contributed by atoms with E-state index in [1.54, 1.807) is 46.2 Å². The van der Waals surface area contributed by atoms with Crippen LogP contribution in [-0.4, -0.2) is 46.5 Å². The van der Waals surface area contributed by atoms with Crippen LogP contribution in [0.5, 0.6) is 0 Å². The maximum absolute atomic E-state index is 13.5. The number of hydrogen-bond donors (Lipinski definition) is 0. The number of benzene rings is 2. The van der Waals surface area contributed by atoms with E-state index in [2.05, 4.69) is 0 Å². The van der Waals surface area contributed by atoms with Gasteiger partial charge in [0.2, 0.25) is 0 Å². The lowest BCUT2D eigenvalue weighted by Crippen LogP contribution is -2.49. The number of pyridine rings is 1. The molecule has 2 aromatic carbocycles. The second-order valence-electron chi connectivity index (χ2n) is 8.81. The lowest BCUT2D eigenvalue weighted by molar-refractivity contribution is -0.385. The van der Waals surface area contributed by atoms with Crippen LogP contribution in [0.3, 0.4) is 0 Å². The number of alkyl halides is 3. The molecule has 0 N–H and O–H groups in total. The van der Waals surface area contributed by atoms with Crippen LogP contribution in [0.1, 0.15) is 29.1 Å². The van der Waals surface area contributed by atoms with E-state index in [9.17, 15) is 32.9 Å². The maximum atomic E-state index is 13.5. The third-order valence-electron chi connectivity index (χ3n) is 6.54. The van der Waals surface area contributed by atoms with Gasteiger partial charge in [0, 0.05) is 31.6 Å². The molecular weight excluding hydrogens is 517 g/mol. The van der Waals surface area contributed by atoms with E-state index < -0.39 is 27.9 Å². The van der Waals surface area contributed by atoms with Crippen molar-refractivity contribution >= 4 is 28.2 Å². The molecule has 1 aliphatic heterocycles. The molecule has 2 aromatic heterocycles. The zero-order valence-corrected chi connectivity index (χ0v) is 19.9. The van der Waals surface area contributed by atoms with Crippen molar-refractivity contribution in [2.75, 3.05) is 31.1 Å². The number of aromatic nitrogens is 1. The quantitative estimate of drug-likeness (QED) is 0.255. The van der Waals surface area contributed by atoms with Gasteiger partial charge in [-0.05, 0) is 35.9 Å². The van der Waals surface area contributed by atoms with Crippen LogP contribution in [0.2, 0.25) is 0 Å². The smallest absolute Gasteiger partial charge is 0.416 e. The van der Waals surface area contributed by atoms with Crippen molar-refractivity contribution in [3.8, 4) is 0 Å². The van der Waals surface area contributed by atoms with E-state index in [0.717, 1.165) is 12.1 Å². The zero-order chi connectivity index (χ0) is 27.0. The molecule has 4 aromatic rings. The van der Waals surface area contributed by atoms with Crippen LogP contribution in [0.25, 0.3) is 10.9 Å². The van der Waals surface area contributed by atoms with Gasteiger partial charge in [0.15, 0.2) is 5.76 Å². The normalized spacial score (nSPS) is 13.8. The third kappa shape index (κ3) is 5.22. The van der Waals surface area contributed by atoms with E-state index in [0.29, 0.717) is 16.5 Å². The SMILES string of the molecule is C.O=C(c1ccco1)N1CCN(c2c([N+](=O)[O-])c(=O)n(Cc3ccc(C(F)(F)F)cc3)c3ccccc23)CC1. The van der Waals surface area contributed by atoms with Crippen LogP contribution in [0.15, 0.2) is 76.1 Å². The third-order valence-corrected chi connectivity index (χ3v) is 6.54. The van der Waals surface area contributed by atoms with E-state index in [1.165, 1.54) is 23.0 Å². The van der Waals surface area contributed by atoms with Gasteiger partial charge < -0.3 is 14.2 Å². The highest BCUT2D eigenvalue weighted by molar-refractivity contribution is 5.97. The fraction of sp³-hybridized carbons (Fsp3) is 0.259. The summed E-state index contributed by atoms with van der Waals surface area (Å²) in [6.45, 7) is 0.878. The van der Waals surface area contributed by atoms with Crippen molar-refractivity contribution in [3.05, 3.63) is 104 Å². The molecule has 1 fully saturated rings. The molecular formula is C27H25F3N4O5. The van der Waals surface area contributed by atoms with Crippen LogP contribution in [0, 0.1) is 10.1 Å². The Balaban J connectivity index is 0.00000353. The van der Waals surface area contributed by atoms with Crippen molar-refractivity contribution in [1.82, 2.24) is 9.47 Å². The van der Waals surface area contributed by atoms with Crippen LogP contribution >= 0.6 is 0 Å². The second kappa shape index (κ2) is 10.6. The van der Waals surface area contributed by atoms with Crippen molar-refractivity contribution in [1.29, 1.82) is 0 Å². The Kier molecular flexibility index (Phi) is 7.48. The molecule has 0 unspecified atom stereocenters. The number of carbonyl (C=O) groups excluding carboxylic acids is 1. The lowest BCUT2D eigenvalue weighted by atomic mass is 10.1. The monoisotopic (exact) mass is 542 g/mol. The average molecular weight is 543 g/mol. The zero-order valence-electron chi connectivity index (χ0n) is 19.9. The fourth-order valence-electron chi connectivity index (χ4n) is 4.69. The van der Waals surface area contributed by atoms with Gasteiger partial charge in [-0.15, -0.1) is 0 Å². The van der Waals surface area contributed by atoms with Gasteiger partial charge in [-0.3, -0.25) is 24.3 Å². The summed E-state index contributed by atoms with van der Waals surface area (Å²) in [5.41, 5.74) is -1.36. The molecule has 0 spiro atoms. The number of anilines is 1. The molecule has 9 nitrogen and oxygen atoms in total. The number of para-hydroxylation sites is 1. The summed E-state index contributed by atoms with van der Waals surface area (Å²) in [7, 11) is 0. The van der Waals surface area contributed by atoms with Crippen molar-refractivity contribution < 1.29 is 27.3 Å². The highest BCUT2D eigenvalue weighted by Crippen LogP contribution is 2.35. The molecule has 39 heavy (non-hydrogen) atoms. The largest absolute Gasteiger partial charge is 0.459 e. The Morgan fingerprint density at radius 3 is 2.23 bits per heavy atom. The molecule has 5 rings (SSSR count). The van der Waals surface area contributed by atoms with E-state index in [1.807, 2.05) is 0 Å². The topological polar surface area (TPSA) is 102 Å². The number of nitrogens with zero attached hydrogens (tertiary/aromatic N) is 4. The van der Waals surface area contributed by atoms with Crippen LogP contribution < -0.4 is 10.5 Å². The summed E-state index contributed by atoms with van der Waals surface area (Å²) >= 11 is 0. The van der Waals surface area contributed by atoms with E-state index in [4.69, 9.17) is 4.42 Å². The highest BCUT2D eigenvalue weighted by atomic mass is 19.4. The van der Waals surface area contributed by atoms with Gasteiger partial charge in [-0.1, -0.05) is 37.8 Å².